The second-order valence-corrected chi connectivity index (χ2v) is 8.16. The molecular weight excluding hydrogens is 366 g/mol. The maximum absolute atomic E-state index is 12.5. The summed E-state index contributed by atoms with van der Waals surface area (Å²) in [5.41, 5.74) is 0.425. The van der Waals surface area contributed by atoms with Crippen molar-refractivity contribution in [2.45, 2.75) is 52.5 Å². The van der Waals surface area contributed by atoms with Crippen LogP contribution in [-0.4, -0.2) is 30.3 Å². The highest BCUT2D eigenvalue weighted by molar-refractivity contribution is 6.30. The van der Waals surface area contributed by atoms with Crippen LogP contribution < -0.4 is 5.32 Å². The molecule has 1 amide bonds. The van der Waals surface area contributed by atoms with E-state index in [1.807, 2.05) is 13.8 Å². The van der Waals surface area contributed by atoms with Crippen LogP contribution in [0.15, 0.2) is 24.3 Å². The van der Waals surface area contributed by atoms with E-state index in [1.54, 1.807) is 24.3 Å². The lowest BCUT2D eigenvalue weighted by atomic mass is 9.82. The quantitative estimate of drug-likeness (QED) is 0.560. The zero-order chi connectivity index (χ0) is 20.0. The Morgan fingerprint density at radius 3 is 2.26 bits per heavy atom. The smallest absolute Gasteiger partial charge is 0.329 e. The first-order valence-electron chi connectivity index (χ1n) is 9.53. The summed E-state index contributed by atoms with van der Waals surface area (Å²) in [6.45, 7) is 5.52. The Hall–Kier alpha value is -1.88. The Kier molecular flexibility index (Phi) is 7.84. The van der Waals surface area contributed by atoms with Gasteiger partial charge in [-0.25, -0.2) is 4.79 Å². The van der Waals surface area contributed by atoms with Crippen LogP contribution in [0.2, 0.25) is 5.02 Å². The molecule has 27 heavy (non-hydrogen) atoms. The molecule has 0 radical (unpaired) electrons. The molecule has 1 aliphatic carbocycles. The molecular formula is C21H28ClNO4. The highest BCUT2D eigenvalue weighted by Crippen LogP contribution is 2.28. The van der Waals surface area contributed by atoms with Crippen LogP contribution in [0.25, 0.3) is 0 Å². The molecule has 0 heterocycles. The SMILES string of the molecule is CC1CCC(C(=O)N[C@H](C(=O)OCC(=O)c2ccc(Cl)cc2)C(C)C)CC1. The van der Waals surface area contributed by atoms with Gasteiger partial charge in [0.1, 0.15) is 6.04 Å². The van der Waals surface area contributed by atoms with E-state index in [9.17, 15) is 14.4 Å². The van der Waals surface area contributed by atoms with Gasteiger partial charge in [0.05, 0.1) is 0 Å². The number of amides is 1. The number of rotatable bonds is 7. The van der Waals surface area contributed by atoms with Crippen molar-refractivity contribution in [3.8, 4) is 0 Å². The summed E-state index contributed by atoms with van der Waals surface area (Å²) < 4.78 is 5.18. The van der Waals surface area contributed by atoms with E-state index in [1.165, 1.54) is 0 Å². The summed E-state index contributed by atoms with van der Waals surface area (Å²) >= 11 is 5.80. The minimum absolute atomic E-state index is 0.0500. The summed E-state index contributed by atoms with van der Waals surface area (Å²) in [7, 11) is 0. The molecule has 0 aliphatic heterocycles. The van der Waals surface area contributed by atoms with Crippen LogP contribution >= 0.6 is 11.6 Å². The van der Waals surface area contributed by atoms with Gasteiger partial charge in [0.2, 0.25) is 5.91 Å². The van der Waals surface area contributed by atoms with E-state index in [0.29, 0.717) is 16.5 Å². The van der Waals surface area contributed by atoms with Crippen LogP contribution in [0.3, 0.4) is 0 Å². The molecule has 1 aromatic rings. The van der Waals surface area contributed by atoms with Crippen molar-refractivity contribution in [2.75, 3.05) is 6.61 Å². The van der Waals surface area contributed by atoms with Gasteiger partial charge in [-0.2, -0.15) is 0 Å². The molecule has 2 rings (SSSR count). The Morgan fingerprint density at radius 2 is 1.70 bits per heavy atom. The third kappa shape index (κ3) is 6.35. The Morgan fingerprint density at radius 1 is 1.11 bits per heavy atom. The van der Waals surface area contributed by atoms with Crippen molar-refractivity contribution < 1.29 is 19.1 Å². The van der Waals surface area contributed by atoms with Gasteiger partial charge in [-0.15, -0.1) is 0 Å². The van der Waals surface area contributed by atoms with Gasteiger partial charge >= 0.3 is 5.97 Å². The largest absolute Gasteiger partial charge is 0.456 e. The maximum Gasteiger partial charge on any atom is 0.329 e. The number of carbonyl (C=O) groups is 3. The van der Waals surface area contributed by atoms with Crippen LogP contribution in [0.1, 0.15) is 56.8 Å². The third-order valence-electron chi connectivity index (χ3n) is 5.12. The summed E-state index contributed by atoms with van der Waals surface area (Å²) in [5, 5.41) is 3.36. The van der Waals surface area contributed by atoms with Gasteiger partial charge in [0, 0.05) is 16.5 Å². The van der Waals surface area contributed by atoms with Gasteiger partial charge in [-0.3, -0.25) is 9.59 Å². The number of ether oxygens (including phenoxy) is 1. The lowest BCUT2D eigenvalue weighted by Crippen LogP contribution is -2.48. The summed E-state index contributed by atoms with van der Waals surface area (Å²) in [6.07, 6.45) is 3.76. The number of esters is 1. The Balaban J connectivity index is 1.89. The number of hydrogen-bond donors (Lipinski definition) is 1. The Bertz CT molecular complexity index is 663. The van der Waals surface area contributed by atoms with Crippen LogP contribution in [0.5, 0.6) is 0 Å². The highest BCUT2D eigenvalue weighted by Gasteiger charge is 2.31. The fourth-order valence-electron chi connectivity index (χ4n) is 3.24. The van der Waals surface area contributed by atoms with E-state index in [2.05, 4.69) is 12.2 Å². The average Bonchev–Trinajstić information content (AvgIpc) is 2.64. The number of Topliss-reactive ketones (excluding diaryl/α,β-unsaturated/α-hetero) is 1. The second kappa shape index (κ2) is 9.88. The van der Waals surface area contributed by atoms with E-state index in [0.717, 1.165) is 25.7 Å². The van der Waals surface area contributed by atoms with Crippen molar-refractivity contribution in [3.05, 3.63) is 34.9 Å². The van der Waals surface area contributed by atoms with Gasteiger partial charge in [0.15, 0.2) is 12.4 Å². The van der Waals surface area contributed by atoms with Gasteiger partial charge in [-0.1, -0.05) is 32.4 Å². The second-order valence-electron chi connectivity index (χ2n) is 7.72. The normalized spacial score (nSPS) is 20.8. The predicted molar refractivity (Wildman–Crippen MR) is 105 cm³/mol. The first-order valence-corrected chi connectivity index (χ1v) is 9.91. The molecule has 1 fully saturated rings. The fraction of sp³-hybridized carbons (Fsp3) is 0.571. The van der Waals surface area contributed by atoms with E-state index < -0.39 is 12.0 Å². The third-order valence-corrected chi connectivity index (χ3v) is 5.37. The zero-order valence-corrected chi connectivity index (χ0v) is 16.9. The van der Waals surface area contributed by atoms with Crippen LogP contribution in [0, 0.1) is 17.8 Å². The van der Waals surface area contributed by atoms with Crippen molar-refractivity contribution in [3.63, 3.8) is 0 Å². The fourth-order valence-corrected chi connectivity index (χ4v) is 3.36. The van der Waals surface area contributed by atoms with Gasteiger partial charge in [-0.05, 0) is 61.8 Å². The summed E-state index contributed by atoms with van der Waals surface area (Å²) in [4.78, 5) is 37.1. The molecule has 1 aromatic carbocycles. The zero-order valence-electron chi connectivity index (χ0n) is 16.2. The molecule has 0 saturated heterocycles. The van der Waals surface area contributed by atoms with Crippen molar-refractivity contribution >= 4 is 29.3 Å². The number of benzene rings is 1. The van der Waals surface area contributed by atoms with Crippen molar-refractivity contribution in [1.29, 1.82) is 0 Å². The van der Waals surface area contributed by atoms with Gasteiger partial charge < -0.3 is 10.1 Å². The number of nitrogens with one attached hydrogen (secondary N) is 1. The van der Waals surface area contributed by atoms with Crippen LogP contribution in [-0.2, 0) is 14.3 Å². The van der Waals surface area contributed by atoms with E-state index >= 15 is 0 Å². The molecule has 0 spiro atoms. The summed E-state index contributed by atoms with van der Waals surface area (Å²) in [5.74, 6) is -0.513. The van der Waals surface area contributed by atoms with Gasteiger partial charge in [0.25, 0.3) is 0 Å². The van der Waals surface area contributed by atoms with Crippen molar-refractivity contribution in [1.82, 2.24) is 5.32 Å². The molecule has 1 saturated carbocycles. The molecule has 1 N–H and O–H groups in total. The molecule has 0 bridgehead atoms. The minimum Gasteiger partial charge on any atom is -0.456 e. The number of carbonyl (C=O) groups excluding carboxylic acids is 3. The van der Waals surface area contributed by atoms with E-state index in [4.69, 9.17) is 16.3 Å². The van der Waals surface area contributed by atoms with Crippen molar-refractivity contribution in [2.24, 2.45) is 17.8 Å². The predicted octanol–water partition coefficient (Wildman–Crippen LogP) is 4.03. The molecule has 148 valence electrons. The van der Waals surface area contributed by atoms with E-state index in [-0.39, 0.29) is 30.1 Å². The average molecular weight is 394 g/mol. The highest BCUT2D eigenvalue weighted by atomic mass is 35.5. The molecule has 0 aromatic heterocycles. The molecule has 1 aliphatic rings. The number of halogens is 1. The molecule has 5 nitrogen and oxygen atoms in total. The first-order chi connectivity index (χ1) is 12.8. The van der Waals surface area contributed by atoms with Crippen LogP contribution in [0.4, 0.5) is 0 Å². The molecule has 6 heteroatoms. The topological polar surface area (TPSA) is 72.5 Å². The summed E-state index contributed by atoms with van der Waals surface area (Å²) in [6, 6.07) is 5.64. The Labute approximate surface area is 165 Å². The molecule has 1 atom stereocenters. The monoisotopic (exact) mass is 393 g/mol. The standard InChI is InChI=1S/C21H28ClNO4/c1-13(2)19(23-20(25)16-6-4-14(3)5-7-16)21(26)27-12-18(24)15-8-10-17(22)11-9-15/h8-11,13-14,16,19H,4-7,12H2,1-3H3,(H,23,25)/t14?,16?,19-/m0/s1. The molecule has 0 unspecified atom stereocenters. The maximum atomic E-state index is 12.5. The first kappa shape index (κ1) is 21.4. The number of ketones is 1. The minimum atomic E-state index is -0.755. The lowest BCUT2D eigenvalue weighted by Gasteiger charge is -2.28. The lowest BCUT2D eigenvalue weighted by molar-refractivity contribution is -0.148. The number of hydrogen-bond acceptors (Lipinski definition) is 4.